The average molecular weight is 396 g/mol. The first-order chi connectivity index (χ1) is 13.6. The van der Waals surface area contributed by atoms with E-state index in [4.69, 9.17) is 12.2 Å². The maximum atomic E-state index is 12.6. The van der Waals surface area contributed by atoms with Crippen LogP contribution in [0.3, 0.4) is 0 Å². The molecule has 0 aromatic heterocycles. The zero-order valence-corrected chi connectivity index (χ0v) is 16.6. The summed E-state index contributed by atoms with van der Waals surface area (Å²) in [5.74, 6) is -0.0937. The average Bonchev–Trinajstić information content (AvgIpc) is 2.98. The van der Waals surface area contributed by atoms with Gasteiger partial charge in [-0.05, 0) is 54.9 Å². The Bertz CT molecular complexity index is 813. The Hall–Kier alpha value is -2.73. The van der Waals surface area contributed by atoms with Crippen molar-refractivity contribution in [3.8, 4) is 0 Å². The van der Waals surface area contributed by atoms with Gasteiger partial charge in [-0.3, -0.25) is 9.59 Å². The van der Waals surface area contributed by atoms with E-state index < -0.39 is 0 Å². The third-order valence-electron chi connectivity index (χ3n) is 4.74. The van der Waals surface area contributed by atoms with Gasteiger partial charge in [-0.25, -0.2) is 0 Å². The zero-order chi connectivity index (χ0) is 19.8. The molecule has 1 heterocycles. The second kappa shape index (κ2) is 9.99. The number of hydrogen-bond donors (Lipinski definition) is 2. The lowest BCUT2D eigenvalue weighted by Crippen LogP contribution is -2.35. The Morgan fingerprint density at radius 3 is 2.18 bits per heavy atom. The molecule has 0 spiro atoms. The van der Waals surface area contributed by atoms with Gasteiger partial charge in [-0.1, -0.05) is 43.2 Å². The smallest absolute Gasteiger partial charge is 0.253 e. The van der Waals surface area contributed by atoms with E-state index in [9.17, 15) is 9.59 Å². The fourth-order valence-electron chi connectivity index (χ4n) is 3.27. The molecule has 0 saturated carbocycles. The summed E-state index contributed by atoms with van der Waals surface area (Å²) in [6, 6.07) is 16.7. The summed E-state index contributed by atoms with van der Waals surface area (Å²) < 4.78 is 0. The number of rotatable bonds is 4. The lowest BCUT2D eigenvalue weighted by Gasteiger charge is -2.20. The van der Waals surface area contributed by atoms with Crippen LogP contribution in [0, 0.1) is 0 Å². The zero-order valence-electron chi connectivity index (χ0n) is 15.8. The van der Waals surface area contributed by atoms with E-state index in [-0.39, 0.29) is 23.3 Å². The molecule has 0 bridgehead atoms. The van der Waals surface area contributed by atoms with E-state index in [1.807, 2.05) is 35.2 Å². The maximum absolute atomic E-state index is 12.6. The molecule has 28 heavy (non-hydrogen) atoms. The van der Waals surface area contributed by atoms with Crippen molar-refractivity contribution in [1.29, 1.82) is 0 Å². The highest BCUT2D eigenvalue weighted by atomic mass is 32.1. The second-order valence-electron chi connectivity index (χ2n) is 6.95. The Morgan fingerprint density at radius 2 is 1.54 bits per heavy atom. The molecule has 2 amide bonds. The van der Waals surface area contributed by atoms with Gasteiger partial charge in [0.1, 0.15) is 0 Å². The number of thiocarbonyl (C=S) groups is 1. The number of carbonyl (C=O) groups excluding carboxylic acids is 2. The topological polar surface area (TPSA) is 61.4 Å². The van der Waals surface area contributed by atoms with Crippen LogP contribution in [0.25, 0.3) is 0 Å². The van der Waals surface area contributed by atoms with Gasteiger partial charge in [0.15, 0.2) is 5.11 Å². The van der Waals surface area contributed by atoms with Crippen LogP contribution >= 0.6 is 12.2 Å². The molecule has 0 unspecified atom stereocenters. The highest BCUT2D eigenvalue weighted by Gasteiger charge is 2.17. The molecule has 0 aliphatic carbocycles. The summed E-state index contributed by atoms with van der Waals surface area (Å²) in [7, 11) is 0. The van der Waals surface area contributed by atoms with Crippen LogP contribution in [0.2, 0.25) is 0 Å². The van der Waals surface area contributed by atoms with Crippen LogP contribution in [-0.2, 0) is 11.2 Å². The predicted molar refractivity (Wildman–Crippen MR) is 115 cm³/mol. The highest BCUT2D eigenvalue weighted by molar-refractivity contribution is 7.80. The Kier molecular flexibility index (Phi) is 7.14. The van der Waals surface area contributed by atoms with Crippen molar-refractivity contribution in [2.75, 3.05) is 18.4 Å². The fourth-order valence-corrected chi connectivity index (χ4v) is 3.50. The molecule has 6 heteroatoms. The summed E-state index contributed by atoms with van der Waals surface area (Å²) >= 11 is 5.21. The SMILES string of the molecule is O=C(Cc1ccccc1)NC(=S)Nc1ccc(C(=O)N2CCCCCC2)cc1. The van der Waals surface area contributed by atoms with Crippen LogP contribution in [0.15, 0.2) is 54.6 Å². The van der Waals surface area contributed by atoms with Gasteiger partial charge in [0.2, 0.25) is 5.91 Å². The quantitative estimate of drug-likeness (QED) is 0.774. The Balaban J connectivity index is 1.51. The molecule has 146 valence electrons. The van der Waals surface area contributed by atoms with Crippen molar-refractivity contribution in [2.45, 2.75) is 32.1 Å². The van der Waals surface area contributed by atoms with Gasteiger partial charge in [-0.15, -0.1) is 0 Å². The van der Waals surface area contributed by atoms with Crippen LogP contribution in [0.5, 0.6) is 0 Å². The van der Waals surface area contributed by atoms with E-state index in [2.05, 4.69) is 10.6 Å². The molecule has 1 fully saturated rings. The predicted octanol–water partition coefficient (Wildman–Crippen LogP) is 3.76. The molecule has 1 aliphatic rings. The largest absolute Gasteiger partial charge is 0.339 e. The number of carbonyl (C=O) groups is 2. The normalized spacial score (nSPS) is 14.1. The molecule has 0 atom stereocenters. The van der Waals surface area contributed by atoms with E-state index in [1.54, 1.807) is 24.3 Å². The molecule has 2 N–H and O–H groups in total. The molecule has 0 radical (unpaired) electrons. The van der Waals surface area contributed by atoms with Crippen LogP contribution in [0.1, 0.15) is 41.6 Å². The van der Waals surface area contributed by atoms with E-state index >= 15 is 0 Å². The number of amides is 2. The van der Waals surface area contributed by atoms with Crippen LogP contribution in [0.4, 0.5) is 5.69 Å². The van der Waals surface area contributed by atoms with Crippen LogP contribution in [-0.4, -0.2) is 34.9 Å². The number of nitrogens with zero attached hydrogens (tertiary/aromatic N) is 1. The minimum Gasteiger partial charge on any atom is -0.339 e. The van der Waals surface area contributed by atoms with E-state index in [1.165, 1.54) is 12.8 Å². The summed E-state index contributed by atoms with van der Waals surface area (Å²) in [5.41, 5.74) is 2.34. The van der Waals surface area contributed by atoms with Crippen molar-refractivity contribution < 1.29 is 9.59 Å². The number of hydrogen-bond acceptors (Lipinski definition) is 3. The van der Waals surface area contributed by atoms with Crippen molar-refractivity contribution in [1.82, 2.24) is 10.2 Å². The number of benzene rings is 2. The van der Waals surface area contributed by atoms with Crippen molar-refractivity contribution in [3.63, 3.8) is 0 Å². The highest BCUT2D eigenvalue weighted by Crippen LogP contribution is 2.15. The van der Waals surface area contributed by atoms with Crippen LogP contribution < -0.4 is 10.6 Å². The Morgan fingerprint density at radius 1 is 0.893 bits per heavy atom. The van der Waals surface area contributed by atoms with Crippen molar-refractivity contribution >= 4 is 34.8 Å². The summed E-state index contributed by atoms with van der Waals surface area (Å²) in [4.78, 5) is 26.6. The number of likely N-dealkylation sites (tertiary alicyclic amines) is 1. The standard InChI is InChI=1S/C22H25N3O2S/c26-20(16-17-8-4-3-5-9-17)24-22(28)23-19-12-10-18(11-13-19)21(27)25-14-6-1-2-7-15-25/h3-5,8-13H,1-2,6-7,14-16H2,(H2,23,24,26,28). The summed E-state index contributed by atoms with van der Waals surface area (Å²) in [6.45, 7) is 1.66. The fraction of sp³-hybridized carbons (Fsp3) is 0.318. The Labute approximate surface area is 171 Å². The van der Waals surface area contributed by atoms with Gasteiger partial charge < -0.3 is 15.5 Å². The van der Waals surface area contributed by atoms with E-state index in [0.717, 1.165) is 37.2 Å². The van der Waals surface area contributed by atoms with E-state index in [0.29, 0.717) is 5.56 Å². The molecule has 5 nitrogen and oxygen atoms in total. The molecular weight excluding hydrogens is 370 g/mol. The van der Waals surface area contributed by atoms with Crippen molar-refractivity contribution in [3.05, 3.63) is 65.7 Å². The first kappa shape index (κ1) is 20.0. The monoisotopic (exact) mass is 395 g/mol. The lowest BCUT2D eigenvalue weighted by atomic mass is 10.1. The molecule has 2 aromatic rings. The number of nitrogens with one attached hydrogen (secondary N) is 2. The van der Waals surface area contributed by atoms with Gasteiger partial charge in [0.05, 0.1) is 6.42 Å². The second-order valence-corrected chi connectivity index (χ2v) is 7.36. The molecule has 1 aliphatic heterocycles. The molecule has 1 saturated heterocycles. The third kappa shape index (κ3) is 5.89. The van der Waals surface area contributed by atoms with Gasteiger partial charge >= 0.3 is 0 Å². The summed E-state index contributed by atoms with van der Waals surface area (Å²) in [5, 5.41) is 5.91. The summed E-state index contributed by atoms with van der Waals surface area (Å²) in [6.07, 6.45) is 4.80. The molecule has 2 aromatic carbocycles. The first-order valence-corrected chi connectivity index (χ1v) is 10.1. The van der Waals surface area contributed by atoms with Gasteiger partial charge in [0.25, 0.3) is 5.91 Å². The van der Waals surface area contributed by atoms with Crippen molar-refractivity contribution in [2.24, 2.45) is 0 Å². The van der Waals surface area contributed by atoms with Gasteiger partial charge in [-0.2, -0.15) is 0 Å². The maximum Gasteiger partial charge on any atom is 0.253 e. The molecular formula is C22H25N3O2S. The first-order valence-electron chi connectivity index (χ1n) is 9.66. The number of anilines is 1. The lowest BCUT2D eigenvalue weighted by molar-refractivity contribution is -0.119. The van der Waals surface area contributed by atoms with Gasteiger partial charge in [0, 0.05) is 24.3 Å². The molecule has 3 rings (SSSR count). The third-order valence-corrected chi connectivity index (χ3v) is 4.95. The minimum absolute atomic E-state index is 0.0761. The minimum atomic E-state index is -0.170.